The van der Waals surface area contributed by atoms with E-state index in [-0.39, 0.29) is 10.8 Å². The number of hydrogen-bond acceptors (Lipinski definition) is 3. The van der Waals surface area contributed by atoms with E-state index in [1.807, 2.05) is 38.1 Å². The summed E-state index contributed by atoms with van der Waals surface area (Å²) in [6.07, 6.45) is 0. The van der Waals surface area contributed by atoms with Gasteiger partial charge < -0.3 is 4.42 Å². The predicted octanol–water partition coefficient (Wildman–Crippen LogP) is 9.92. The third kappa shape index (κ3) is 8.31. The molecule has 34 heavy (non-hydrogen) atoms. The Bertz CT molecular complexity index is 1060. The molecule has 0 aliphatic heterocycles. The molecule has 0 saturated heterocycles. The van der Waals surface area contributed by atoms with Crippen molar-refractivity contribution in [1.29, 1.82) is 0 Å². The number of rotatable bonds is 4. The summed E-state index contributed by atoms with van der Waals surface area (Å²) in [5.74, 6) is 1.52. The number of halogens is 2. The van der Waals surface area contributed by atoms with Gasteiger partial charge in [0.2, 0.25) is 0 Å². The Hall–Kier alpha value is -0.961. The van der Waals surface area contributed by atoms with E-state index in [1.165, 1.54) is 19.6 Å². The molecule has 0 fully saturated rings. The predicted molar refractivity (Wildman–Crippen MR) is 161 cm³/mol. The number of hydrogen-bond donors (Lipinski definition) is 0. The Morgan fingerprint density at radius 3 is 1.29 bits per heavy atom. The monoisotopic (exact) mass is 724 g/mol. The third-order valence-corrected chi connectivity index (χ3v) is 5.32. The molecule has 1 aromatic heterocycles. The van der Waals surface area contributed by atoms with E-state index in [9.17, 15) is 0 Å². The van der Waals surface area contributed by atoms with Crippen LogP contribution in [0.3, 0.4) is 0 Å². The van der Waals surface area contributed by atoms with Crippen LogP contribution in [0.25, 0.3) is 0 Å². The molecule has 0 amide bonds. The summed E-state index contributed by atoms with van der Waals surface area (Å²) in [6, 6.07) is 20.5. The van der Waals surface area contributed by atoms with Crippen molar-refractivity contribution in [3.63, 3.8) is 0 Å². The van der Waals surface area contributed by atoms with Gasteiger partial charge in [0.15, 0.2) is 0 Å². The van der Waals surface area contributed by atoms with Crippen molar-refractivity contribution in [2.75, 3.05) is 0 Å². The molecule has 0 saturated carbocycles. The molecule has 0 atom stereocenters. The maximum absolute atomic E-state index is 6.14. The fraction of sp³-hybridized carbons (Fsp3) is 0.357. The van der Waals surface area contributed by atoms with Crippen molar-refractivity contribution in [1.82, 2.24) is 0 Å². The van der Waals surface area contributed by atoms with Crippen LogP contribution in [-0.4, -0.2) is 11.4 Å². The zero-order valence-electron chi connectivity index (χ0n) is 21.2. The Morgan fingerprint density at radius 2 is 0.971 bits per heavy atom. The average Bonchev–Trinajstić information content (AvgIpc) is 3.24. The Balaban J connectivity index is 0.00000129. The van der Waals surface area contributed by atoms with E-state index in [1.54, 1.807) is 0 Å². The summed E-state index contributed by atoms with van der Waals surface area (Å²) in [6.45, 7) is 17.2. The zero-order chi connectivity index (χ0) is 25.5. The van der Waals surface area contributed by atoms with Crippen LogP contribution in [0, 0.1) is 0 Å². The van der Waals surface area contributed by atoms with Crippen molar-refractivity contribution < 1.29 is 12.9 Å². The molecule has 3 nitrogen and oxygen atoms in total. The summed E-state index contributed by atoms with van der Waals surface area (Å²) >= 11 is 4.55. The molecule has 0 unspecified atom stereocenters. The van der Waals surface area contributed by atoms with E-state index < -0.39 is 0 Å². The van der Waals surface area contributed by atoms with Crippen LogP contribution < -0.4 is 0 Å². The van der Waals surface area contributed by atoms with E-state index in [2.05, 4.69) is 119 Å². The molecular formula is C28H34FeI2N2O. The summed E-state index contributed by atoms with van der Waals surface area (Å²) in [5, 5.41) is 0. The number of furan rings is 1. The van der Waals surface area contributed by atoms with Crippen LogP contribution in [0.4, 0.5) is 11.4 Å². The first-order chi connectivity index (χ1) is 15.9. The Labute approximate surface area is 234 Å². The van der Waals surface area contributed by atoms with E-state index in [0.29, 0.717) is 0 Å². The molecule has 0 N–H and O–H groups in total. The van der Waals surface area contributed by atoms with E-state index in [4.69, 9.17) is 14.4 Å². The van der Waals surface area contributed by atoms with Crippen molar-refractivity contribution in [3.8, 4) is 0 Å². The number of nitrogens with zero attached hydrogens (tertiary/aromatic N) is 2. The van der Waals surface area contributed by atoms with Gasteiger partial charge in [-0.2, -0.15) is 0 Å². The molecule has 0 bridgehead atoms. The van der Waals surface area contributed by atoms with Crippen molar-refractivity contribution in [2.45, 2.75) is 66.2 Å². The van der Waals surface area contributed by atoms with Gasteiger partial charge in [-0.05, 0) is 60.1 Å². The second-order valence-corrected chi connectivity index (χ2v) is 19.5. The SMILES string of the molecule is CC(=Nc1ccccc1C(C)(C)C)c1ccc(C(C)=Nc2ccccc2C(C)(C)C)o1.[I][Fe][I]. The van der Waals surface area contributed by atoms with Crippen LogP contribution in [0.1, 0.15) is 78.0 Å². The fourth-order valence-electron chi connectivity index (χ4n) is 3.61. The van der Waals surface area contributed by atoms with Crippen LogP contribution in [0.5, 0.6) is 0 Å². The van der Waals surface area contributed by atoms with Gasteiger partial charge in [-0.3, -0.25) is 0 Å². The minimum absolute atomic E-state index is 0.0262. The first-order valence-corrected chi connectivity index (χ1v) is 18.3. The quantitative estimate of drug-likeness (QED) is 0.150. The molecule has 0 aliphatic rings. The summed E-state index contributed by atoms with van der Waals surface area (Å²) in [4.78, 5) is 9.76. The Morgan fingerprint density at radius 1 is 0.647 bits per heavy atom. The Kier molecular flexibility index (Phi) is 11.1. The molecule has 3 aromatic rings. The summed E-state index contributed by atoms with van der Waals surface area (Å²) in [7, 11) is 1.19. The van der Waals surface area contributed by atoms with Gasteiger partial charge in [-0.25, -0.2) is 9.98 Å². The van der Waals surface area contributed by atoms with Crippen molar-refractivity contribution in [2.24, 2.45) is 9.98 Å². The van der Waals surface area contributed by atoms with Gasteiger partial charge in [0.25, 0.3) is 0 Å². The molecule has 0 aliphatic carbocycles. The van der Waals surface area contributed by atoms with E-state index in [0.717, 1.165) is 34.3 Å². The number of benzene rings is 2. The van der Waals surface area contributed by atoms with E-state index >= 15 is 0 Å². The third-order valence-electron chi connectivity index (χ3n) is 5.32. The van der Waals surface area contributed by atoms with Gasteiger partial charge in [0.05, 0.1) is 22.8 Å². The molecule has 184 valence electrons. The van der Waals surface area contributed by atoms with Crippen LogP contribution >= 0.6 is 40.7 Å². The second kappa shape index (κ2) is 12.8. The first kappa shape index (κ1) is 29.3. The zero-order valence-corrected chi connectivity index (χ0v) is 26.6. The van der Waals surface area contributed by atoms with Gasteiger partial charge in [0.1, 0.15) is 11.5 Å². The number of aliphatic imine (C=N–C) groups is 2. The second-order valence-electron chi connectivity index (χ2n) is 10.1. The molecule has 6 heteroatoms. The molecule has 0 radical (unpaired) electrons. The molecule has 0 spiro atoms. The van der Waals surface area contributed by atoms with Gasteiger partial charge >= 0.3 is 49.1 Å². The van der Waals surface area contributed by atoms with Gasteiger partial charge in [-0.15, -0.1) is 0 Å². The summed E-state index contributed by atoms with van der Waals surface area (Å²) < 4.78 is 6.14. The molecule has 3 rings (SSSR count). The summed E-state index contributed by atoms with van der Waals surface area (Å²) in [5.41, 5.74) is 6.16. The standard InChI is InChI=1S/C28H34N2O.Fe.2HI/c1-19(29-23-15-11-9-13-21(23)27(3,4)5)25-17-18-26(31-25)20(2)30-24-16-12-10-14-22(24)28(6,7)8;;;/h9-18H,1-8H3;;2*1H/q;+2;;/p-2. The number of para-hydroxylation sites is 2. The van der Waals surface area contributed by atoms with Gasteiger partial charge in [-0.1, -0.05) is 77.9 Å². The molecule has 1 heterocycles. The van der Waals surface area contributed by atoms with Crippen LogP contribution in [-0.2, 0) is 19.3 Å². The van der Waals surface area contributed by atoms with Gasteiger partial charge in [0, 0.05) is 0 Å². The average molecular weight is 724 g/mol. The fourth-order valence-corrected chi connectivity index (χ4v) is 3.61. The molecular weight excluding hydrogens is 690 g/mol. The molecule has 2 aromatic carbocycles. The van der Waals surface area contributed by atoms with Crippen molar-refractivity contribution >= 4 is 63.5 Å². The van der Waals surface area contributed by atoms with Crippen LogP contribution in [0.2, 0.25) is 0 Å². The normalized spacial score (nSPS) is 13.0. The maximum atomic E-state index is 6.14. The topological polar surface area (TPSA) is 37.9 Å². The first-order valence-electron chi connectivity index (χ1n) is 11.1. The van der Waals surface area contributed by atoms with Crippen molar-refractivity contribution in [3.05, 3.63) is 83.3 Å². The minimum atomic E-state index is 0.0262. The van der Waals surface area contributed by atoms with Crippen LogP contribution in [0.15, 0.2) is 75.1 Å².